The Morgan fingerprint density at radius 1 is 1.23 bits per heavy atom. The van der Waals surface area contributed by atoms with Crippen molar-refractivity contribution in [1.82, 2.24) is 19.4 Å². The van der Waals surface area contributed by atoms with Gasteiger partial charge >= 0.3 is 0 Å². The van der Waals surface area contributed by atoms with Crippen molar-refractivity contribution in [3.05, 3.63) is 52.0 Å². The molecular weight excluding hydrogens is 371 g/mol. The normalized spacial score (nSPS) is 24.5. The molecule has 0 spiro atoms. The molecule has 2 aromatic rings. The van der Waals surface area contributed by atoms with Crippen LogP contribution in [0.5, 0.6) is 0 Å². The summed E-state index contributed by atoms with van der Waals surface area (Å²) in [5, 5.41) is 1.04. The summed E-state index contributed by atoms with van der Waals surface area (Å²) < 4.78 is 1.80. The van der Waals surface area contributed by atoms with Crippen LogP contribution < -0.4 is 0 Å². The maximum Gasteiger partial charge on any atom is 0.274 e. The number of benzene rings is 1. The summed E-state index contributed by atoms with van der Waals surface area (Å²) in [5.41, 5.74) is 1.46. The Morgan fingerprint density at radius 2 is 1.96 bits per heavy atom. The summed E-state index contributed by atoms with van der Waals surface area (Å²) in [4.78, 5) is 21.6. The smallest absolute Gasteiger partial charge is 0.274 e. The second-order valence-corrected chi connectivity index (χ2v) is 8.39. The number of likely N-dealkylation sites (tertiary alicyclic amines) is 1. The molecule has 5 nitrogen and oxygen atoms in total. The number of piperidine rings is 1. The molecule has 26 heavy (non-hydrogen) atoms. The summed E-state index contributed by atoms with van der Waals surface area (Å²) >= 11 is 12.2. The molecule has 0 bridgehead atoms. The molecule has 2 unspecified atom stereocenters. The third kappa shape index (κ3) is 3.48. The Labute approximate surface area is 163 Å². The van der Waals surface area contributed by atoms with Crippen LogP contribution in [0.25, 0.3) is 0 Å². The van der Waals surface area contributed by atoms with E-state index in [2.05, 4.69) is 16.9 Å². The summed E-state index contributed by atoms with van der Waals surface area (Å²) in [6.45, 7) is 3.54. The number of imidazole rings is 1. The molecule has 4 rings (SSSR count). The minimum atomic E-state index is -0.0324. The van der Waals surface area contributed by atoms with Gasteiger partial charge in [0.15, 0.2) is 0 Å². The van der Waals surface area contributed by atoms with E-state index in [1.807, 2.05) is 24.1 Å². The van der Waals surface area contributed by atoms with Gasteiger partial charge in [0.25, 0.3) is 5.91 Å². The molecule has 1 saturated heterocycles. The third-order valence-corrected chi connectivity index (χ3v) is 6.29. The summed E-state index contributed by atoms with van der Waals surface area (Å²) in [6, 6.07) is 5.54. The molecule has 138 valence electrons. The first-order valence-electron chi connectivity index (χ1n) is 8.82. The van der Waals surface area contributed by atoms with Crippen LogP contribution in [-0.4, -0.2) is 51.9 Å². The van der Waals surface area contributed by atoms with Gasteiger partial charge in [0.05, 0.1) is 16.4 Å². The number of halogens is 2. The Bertz CT molecular complexity index is 825. The number of hydrogen-bond acceptors (Lipinski definition) is 3. The SMILES string of the molecule is CN1CC2C(C1)C2CN(Cc1ccc(Cl)c(Cl)c1)C(=O)c1cn(C)cn1. The van der Waals surface area contributed by atoms with E-state index in [1.165, 1.54) is 0 Å². The van der Waals surface area contributed by atoms with Crippen molar-refractivity contribution in [3.63, 3.8) is 0 Å². The van der Waals surface area contributed by atoms with E-state index in [4.69, 9.17) is 23.2 Å². The minimum Gasteiger partial charge on any atom is -0.340 e. The van der Waals surface area contributed by atoms with E-state index in [9.17, 15) is 4.79 Å². The van der Waals surface area contributed by atoms with Crippen LogP contribution in [0.2, 0.25) is 10.0 Å². The van der Waals surface area contributed by atoms with Crippen LogP contribution in [0.3, 0.4) is 0 Å². The average molecular weight is 393 g/mol. The summed E-state index contributed by atoms with van der Waals surface area (Å²) in [5.74, 6) is 1.98. The maximum absolute atomic E-state index is 13.0. The first-order valence-corrected chi connectivity index (χ1v) is 9.57. The Hall–Kier alpha value is -1.56. The lowest BCUT2D eigenvalue weighted by Crippen LogP contribution is -2.34. The number of carbonyl (C=O) groups is 1. The molecular formula is C19H22Cl2N4O. The van der Waals surface area contributed by atoms with Gasteiger partial charge in [-0.3, -0.25) is 4.79 Å². The number of carbonyl (C=O) groups excluding carboxylic acids is 1. The van der Waals surface area contributed by atoms with Crippen LogP contribution in [0.4, 0.5) is 0 Å². The summed E-state index contributed by atoms with van der Waals surface area (Å²) in [7, 11) is 4.03. The molecule has 1 aromatic heterocycles. The highest BCUT2D eigenvalue weighted by molar-refractivity contribution is 6.42. The number of amides is 1. The zero-order chi connectivity index (χ0) is 18.4. The lowest BCUT2D eigenvalue weighted by atomic mass is 10.1. The van der Waals surface area contributed by atoms with Gasteiger partial charge in [-0.1, -0.05) is 29.3 Å². The molecule has 1 aromatic carbocycles. The van der Waals surface area contributed by atoms with Gasteiger partial charge in [0.1, 0.15) is 5.69 Å². The molecule has 1 aliphatic carbocycles. The van der Waals surface area contributed by atoms with E-state index in [0.29, 0.717) is 40.0 Å². The van der Waals surface area contributed by atoms with E-state index < -0.39 is 0 Å². The molecule has 2 atom stereocenters. The van der Waals surface area contributed by atoms with Crippen molar-refractivity contribution < 1.29 is 4.79 Å². The molecule has 1 saturated carbocycles. The Morgan fingerprint density at radius 3 is 2.58 bits per heavy atom. The molecule has 1 aliphatic heterocycles. The molecule has 1 amide bonds. The topological polar surface area (TPSA) is 41.4 Å². The zero-order valence-electron chi connectivity index (χ0n) is 14.9. The highest BCUT2D eigenvalue weighted by Crippen LogP contribution is 2.51. The van der Waals surface area contributed by atoms with Gasteiger partial charge in [-0.15, -0.1) is 0 Å². The number of fused-ring (bicyclic) bond motifs is 1. The average Bonchev–Trinajstić information content (AvgIpc) is 2.94. The monoisotopic (exact) mass is 392 g/mol. The lowest BCUT2D eigenvalue weighted by molar-refractivity contribution is 0.0720. The highest BCUT2D eigenvalue weighted by atomic mass is 35.5. The second kappa shape index (κ2) is 6.87. The third-order valence-electron chi connectivity index (χ3n) is 5.55. The fourth-order valence-electron chi connectivity index (χ4n) is 4.15. The van der Waals surface area contributed by atoms with Gasteiger partial charge in [0.2, 0.25) is 0 Å². The predicted molar refractivity (Wildman–Crippen MR) is 102 cm³/mol. The Balaban J connectivity index is 1.52. The fraction of sp³-hybridized carbons (Fsp3) is 0.474. The lowest BCUT2D eigenvalue weighted by Gasteiger charge is -2.24. The molecule has 7 heteroatoms. The van der Waals surface area contributed by atoms with Crippen molar-refractivity contribution in [2.24, 2.45) is 24.8 Å². The van der Waals surface area contributed by atoms with Crippen molar-refractivity contribution in [2.45, 2.75) is 6.54 Å². The van der Waals surface area contributed by atoms with Crippen molar-refractivity contribution in [2.75, 3.05) is 26.7 Å². The maximum atomic E-state index is 13.0. The summed E-state index contributed by atoms with van der Waals surface area (Å²) in [6.07, 6.45) is 3.43. The van der Waals surface area contributed by atoms with Crippen LogP contribution in [0.15, 0.2) is 30.7 Å². The van der Waals surface area contributed by atoms with Crippen molar-refractivity contribution in [1.29, 1.82) is 0 Å². The zero-order valence-corrected chi connectivity index (χ0v) is 16.4. The van der Waals surface area contributed by atoms with Crippen LogP contribution in [0, 0.1) is 17.8 Å². The number of aryl methyl sites for hydroxylation is 1. The minimum absolute atomic E-state index is 0.0324. The standard InChI is InChI=1S/C19H22Cl2N4O/c1-23-7-13-14(8-23)15(13)9-25(19(26)18-10-24(2)11-22-18)6-12-3-4-16(20)17(21)5-12/h3-5,10-11,13-15H,6-9H2,1-2H3. The number of hydrogen-bond donors (Lipinski definition) is 0. The Kier molecular flexibility index (Phi) is 4.71. The van der Waals surface area contributed by atoms with Gasteiger partial charge in [0, 0.05) is 39.4 Å². The fourth-order valence-corrected chi connectivity index (χ4v) is 4.47. The van der Waals surface area contributed by atoms with E-state index >= 15 is 0 Å². The van der Waals surface area contributed by atoms with Gasteiger partial charge in [-0.05, 0) is 42.5 Å². The van der Waals surface area contributed by atoms with E-state index in [0.717, 1.165) is 25.2 Å². The quantitative estimate of drug-likeness (QED) is 0.784. The highest BCUT2D eigenvalue weighted by Gasteiger charge is 2.55. The predicted octanol–water partition coefficient (Wildman–Crippen LogP) is 3.18. The molecule has 2 heterocycles. The van der Waals surface area contributed by atoms with Crippen molar-refractivity contribution in [3.8, 4) is 0 Å². The molecule has 0 N–H and O–H groups in total. The largest absolute Gasteiger partial charge is 0.340 e. The molecule has 2 aliphatic rings. The van der Waals surface area contributed by atoms with Crippen molar-refractivity contribution >= 4 is 29.1 Å². The number of aromatic nitrogens is 2. The first-order chi connectivity index (χ1) is 12.4. The number of rotatable bonds is 5. The van der Waals surface area contributed by atoms with Gasteiger partial charge < -0.3 is 14.4 Å². The van der Waals surface area contributed by atoms with Crippen LogP contribution >= 0.6 is 23.2 Å². The second-order valence-electron chi connectivity index (χ2n) is 7.57. The number of nitrogens with zero attached hydrogens (tertiary/aromatic N) is 4. The van der Waals surface area contributed by atoms with Crippen LogP contribution in [-0.2, 0) is 13.6 Å². The van der Waals surface area contributed by atoms with E-state index in [1.54, 1.807) is 23.2 Å². The van der Waals surface area contributed by atoms with E-state index in [-0.39, 0.29) is 5.91 Å². The molecule has 0 radical (unpaired) electrons. The van der Waals surface area contributed by atoms with Gasteiger partial charge in [-0.25, -0.2) is 4.98 Å². The van der Waals surface area contributed by atoms with Crippen LogP contribution in [0.1, 0.15) is 16.1 Å². The first kappa shape index (κ1) is 17.8. The molecule has 2 fully saturated rings. The van der Waals surface area contributed by atoms with Gasteiger partial charge in [-0.2, -0.15) is 0 Å².